The molecule has 3 aromatic heterocycles. The first-order chi connectivity index (χ1) is 15.2. The number of hydrogen-bond acceptors (Lipinski definition) is 7. The second kappa shape index (κ2) is 7.59. The first-order valence-corrected chi connectivity index (χ1v) is 12.0. The lowest BCUT2D eigenvalue weighted by atomic mass is 10.0. The lowest BCUT2D eigenvalue weighted by Gasteiger charge is -2.20. The fourth-order valence-electron chi connectivity index (χ4n) is 5.71. The van der Waals surface area contributed by atoms with Crippen molar-refractivity contribution in [1.29, 1.82) is 5.26 Å². The standard InChI is InChI=1S/C23H27N7S/c1-29-6-3-19-20(13-29)31-23(28-19)18-10-26-22-17(2-5-25-22)21(18)27-16-8-14-11-30(7-4-24)12-15(14)9-16/h2,5,10,14-16H,3,6-9,11-13H2,1H3,(H2,25,26,27)/t14-,15+,16?. The Hall–Kier alpha value is -2.47. The maximum Gasteiger partial charge on any atom is 0.139 e. The van der Waals surface area contributed by atoms with Gasteiger partial charge in [-0.1, -0.05) is 0 Å². The van der Waals surface area contributed by atoms with Gasteiger partial charge in [-0.15, -0.1) is 11.3 Å². The molecular weight excluding hydrogens is 406 g/mol. The molecule has 0 spiro atoms. The Labute approximate surface area is 186 Å². The highest BCUT2D eigenvalue weighted by molar-refractivity contribution is 7.15. The first-order valence-electron chi connectivity index (χ1n) is 11.2. The molecule has 31 heavy (non-hydrogen) atoms. The van der Waals surface area contributed by atoms with Crippen LogP contribution in [0.25, 0.3) is 21.6 Å². The van der Waals surface area contributed by atoms with E-state index in [1.54, 1.807) is 0 Å². The fourth-order valence-corrected chi connectivity index (χ4v) is 6.92. The molecule has 160 valence electrons. The topological polar surface area (TPSA) is 83.9 Å². The molecule has 0 amide bonds. The number of aromatic nitrogens is 3. The molecule has 0 radical (unpaired) electrons. The highest BCUT2D eigenvalue weighted by Crippen LogP contribution is 2.43. The molecule has 2 aliphatic heterocycles. The zero-order valence-electron chi connectivity index (χ0n) is 17.8. The van der Waals surface area contributed by atoms with Crippen LogP contribution in [-0.2, 0) is 13.0 Å². The first kappa shape index (κ1) is 19.2. The summed E-state index contributed by atoms with van der Waals surface area (Å²) in [7, 11) is 2.18. The summed E-state index contributed by atoms with van der Waals surface area (Å²) in [4.78, 5) is 19.0. The summed E-state index contributed by atoms with van der Waals surface area (Å²) in [5, 5.41) is 15.1. The molecule has 3 aromatic rings. The number of rotatable bonds is 4. The maximum absolute atomic E-state index is 9.01. The lowest BCUT2D eigenvalue weighted by molar-refractivity contribution is 0.314. The molecule has 0 bridgehead atoms. The average molecular weight is 434 g/mol. The third kappa shape index (κ3) is 3.41. The number of anilines is 1. The van der Waals surface area contributed by atoms with Gasteiger partial charge in [-0.3, -0.25) is 4.90 Å². The number of likely N-dealkylation sites (N-methyl/N-ethyl adjacent to an activating group) is 1. The van der Waals surface area contributed by atoms with Crippen molar-refractivity contribution in [3.05, 3.63) is 29.0 Å². The predicted molar refractivity (Wildman–Crippen MR) is 123 cm³/mol. The SMILES string of the molecule is CN1CCc2nc(-c3cnc4[nH]ccc4c3NC3C[C@@H]4CN(CC#N)C[C@@H]4C3)sc2C1. The van der Waals surface area contributed by atoms with Crippen LogP contribution in [0.1, 0.15) is 23.4 Å². The summed E-state index contributed by atoms with van der Waals surface area (Å²) in [6, 6.07) is 4.89. The summed E-state index contributed by atoms with van der Waals surface area (Å²) in [5.74, 6) is 1.39. The van der Waals surface area contributed by atoms with E-state index < -0.39 is 0 Å². The minimum atomic E-state index is 0.458. The van der Waals surface area contributed by atoms with Crippen LogP contribution in [0, 0.1) is 23.2 Å². The molecule has 1 aliphatic carbocycles. The van der Waals surface area contributed by atoms with E-state index >= 15 is 0 Å². The van der Waals surface area contributed by atoms with Crippen LogP contribution in [0.3, 0.4) is 0 Å². The van der Waals surface area contributed by atoms with Crippen molar-refractivity contribution >= 4 is 28.1 Å². The van der Waals surface area contributed by atoms with Crippen LogP contribution in [-0.4, -0.2) is 64.0 Å². The van der Waals surface area contributed by atoms with Gasteiger partial charge < -0.3 is 15.2 Å². The van der Waals surface area contributed by atoms with Crippen molar-refractivity contribution < 1.29 is 0 Å². The fraction of sp³-hybridized carbons (Fsp3) is 0.522. The van der Waals surface area contributed by atoms with E-state index in [0.717, 1.165) is 54.2 Å². The van der Waals surface area contributed by atoms with E-state index in [4.69, 9.17) is 10.2 Å². The van der Waals surface area contributed by atoms with E-state index in [9.17, 15) is 0 Å². The van der Waals surface area contributed by atoms with Crippen molar-refractivity contribution in [2.45, 2.75) is 31.8 Å². The van der Waals surface area contributed by atoms with E-state index in [1.807, 2.05) is 23.7 Å². The monoisotopic (exact) mass is 433 g/mol. The van der Waals surface area contributed by atoms with Crippen LogP contribution in [0.2, 0.25) is 0 Å². The zero-order valence-corrected chi connectivity index (χ0v) is 18.6. The summed E-state index contributed by atoms with van der Waals surface area (Å²) in [6.07, 6.45) is 7.31. The van der Waals surface area contributed by atoms with Gasteiger partial charge in [-0.25, -0.2) is 9.97 Å². The van der Waals surface area contributed by atoms with E-state index in [1.165, 1.54) is 29.1 Å². The van der Waals surface area contributed by atoms with Gasteiger partial charge in [0, 0.05) is 61.3 Å². The molecule has 6 rings (SSSR count). The largest absolute Gasteiger partial charge is 0.381 e. The summed E-state index contributed by atoms with van der Waals surface area (Å²) >= 11 is 1.82. The number of hydrogen-bond donors (Lipinski definition) is 2. The number of aromatic amines is 1. The van der Waals surface area contributed by atoms with Crippen molar-refractivity contribution in [2.24, 2.45) is 11.8 Å². The van der Waals surface area contributed by atoms with Crippen LogP contribution in [0.5, 0.6) is 0 Å². The molecule has 2 N–H and O–H groups in total. The van der Waals surface area contributed by atoms with Crippen molar-refractivity contribution in [1.82, 2.24) is 24.8 Å². The highest BCUT2D eigenvalue weighted by Gasteiger charge is 2.41. The third-order valence-electron chi connectivity index (χ3n) is 7.21. The van der Waals surface area contributed by atoms with Crippen LogP contribution in [0.4, 0.5) is 5.69 Å². The van der Waals surface area contributed by atoms with Gasteiger partial charge in [0.05, 0.1) is 29.6 Å². The highest BCUT2D eigenvalue weighted by atomic mass is 32.1. The molecule has 3 aliphatic rings. The molecule has 1 saturated heterocycles. The van der Waals surface area contributed by atoms with Gasteiger partial charge in [-0.05, 0) is 37.8 Å². The molecule has 5 heterocycles. The van der Waals surface area contributed by atoms with Gasteiger partial charge in [0.1, 0.15) is 10.7 Å². The number of nitrogens with zero attached hydrogens (tertiary/aromatic N) is 5. The van der Waals surface area contributed by atoms with Gasteiger partial charge >= 0.3 is 0 Å². The van der Waals surface area contributed by atoms with Crippen LogP contribution >= 0.6 is 11.3 Å². The molecule has 3 atom stereocenters. The number of pyridine rings is 1. The molecular formula is C23H27N7S. The Morgan fingerprint density at radius 2 is 2.16 bits per heavy atom. The molecule has 0 aromatic carbocycles. The number of H-pyrrole nitrogens is 1. The number of nitriles is 1. The second-order valence-electron chi connectivity index (χ2n) is 9.35. The minimum Gasteiger partial charge on any atom is -0.381 e. The van der Waals surface area contributed by atoms with Crippen molar-refractivity contribution in [3.8, 4) is 16.6 Å². The van der Waals surface area contributed by atoms with Gasteiger partial charge in [0.2, 0.25) is 0 Å². The summed E-state index contributed by atoms with van der Waals surface area (Å²) in [5.41, 5.74) is 4.47. The number of thiazole rings is 1. The van der Waals surface area contributed by atoms with Gasteiger partial charge in [0.25, 0.3) is 0 Å². The Morgan fingerprint density at radius 3 is 2.97 bits per heavy atom. The number of nitrogens with one attached hydrogen (secondary N) is 2. The summed E-state index contributed by atoms with van der Waals surface area (Å²) in [6.45, 7) is 4.75. The third-order valence-corrected chi connectivity index (χ3v) is 8.32. The van der Waals surface area contributed by atoms with Crippen LogP contribution < -0.4 is 5.32 Å². The predicted octanol–water partition coefficient (Wildman–Crippen LogP) is 3.32. The van der Waals surface area contributed by atoms with Crippen molar-refractivity contribution in [2.75, 3.05) is 38.5 Å². The lowest BCUT2D eigenvalue weighted by Crippen LogP contribution is -2.25. The Morgan fingerprint density at radius 1 is 1.32 bits per heavy atom. The van der Waals surface area contributed by atoms with Gasteiger partial charge in [-0.2, -0.15) is 5.26 Å². The molecule has 7 nitrogen and oxygen atoms in total. The average Bonchev–Trinajstić information content (AvgIpc) is 3.50. The normalized spacial score (nSPS) is 26.1. The Kier molecular flexibility index (Phi) is 4.71. The quantitative estimate of drug-likeness (QED) is 0.614. The van der Waals surface area contributed by atoms with Crippen LogP contribution in [0.15, 0.2) is 18.5 Å². The van der Waals surface area contributed by atoms with Crippen molar-refractivity contribution in [3.63, 3.8) is 0 Å². The smallest absolute Gasteiger partial charge is 0.139 e. The summed E-state index contributed by atoms with van der Waals surface area (Å²) < 4.78 is 0. The molecule has 1 saturated carbocycles. The Bertz CT molecular complexity index is 1140. The minimum absolute atomic E-state index is 0.458. The molecule has 1 unspecified atom stereocenters. The maximum atomic E-state index is 9.01. The number of likely N-dealkylation sites (tertiary alicyclic amines) is 1. The van der Waals surface area contributed by atoms with Gasteiger partial charge in [0.15, 0.2) is 0 Å². The van der Waals surface area contributed by atoms with E-state index in [0.29, 0.717) is 24.4 Å². The molecule has 2 fully saturated rings. The van der Waals surface area contributed by atoms with E-state index in [2.05, 4.69) is 44.3 Å². The number of fused-ring (bicyclic) bond motifs is 3. The zero-order chi connectivity index (χ0) is 20.9. The second-order valence-corrected chi connectivity index (χ2v) is 10.4. The van der Waals surface area contributed by atoms with E-state index in [-0.39, 0.29) is 0 Å². The Balaban J connectivity index is 1.30. The molecule has 8 heteroatoms.